The number of alkyl halides is 3. The number of anilines is 4. The highest BCUT2D eigenvalue weighted by Gasteiger charge is 2.38. The van der Waals surface area contributed by atoms with Gasteiger partial charge in [-0.05, 0) is 49.4 Å². The molecule has 1 fully saturated rings. The van der Waals surface area contributed by atoms with Gasteiger partial charge in [0.2, 0.25) is 21.9 Å². The zero-order chi connectivity index (χ0) is 25.9. The van der Waals surface area contributed by atoms with Crippen LogP contribution in [0.3, 0.4) is 0 Å². The summed E-state index contributed by atoms with van der Waals surface area (Å²) in [6.45, 7) is 0.215. The second-order valence-corrected chi connectivity index (χ2v) is 10.9. The maximum atomic E-state index is 14.0. The number of aromatic nitrogens is 2. The average molecular weight is 527 g/mol. The van der Waals surface area contributed by atoms with Gasteiger partial charge in [-0.2, -0.15) is 18.2 Å². The second-order valence-electron chi connectivity index (χ2n) is 9.21. The lowest BCUT2D eigenvalue weighted by atomic mass is 9.93. The number of amides is 1. The van der Waals surface area contributed by atoms with Crippen LogP contribution in [-0.2, 0) is 27.4 Å². The Hall–Kier alpha value is -2.93. The van der Waals surface area contributed by atoms with E-state index < -0.39 is 21.8 Å². The zero-order valence-electron chi connectivity index (χ0n) is 19.6. The standard InChI is InChI=1S/C23H29F3N6O3S/c24-23(25,26)18-14-28-22(29-16-8-9-19-15(12-16)13-20(33)30-19)31-21(18)32(17-6-2-1-3-7-17)10-4-5-11-36(27,34)35/h8-9,12,14,17H,1-7,10-11,13H2,(H,30,33)(H2,27,34,35)(H,28,29,31). The first-order valence-corrected chi connectivity index (χ1v) is 13.6. The molecule has 0 spiro atoms. The second kappa shape index (κ2) is 10.6. The van der Waals surface area contributed by atoms with Crippen LogP contribution in [0.5, 0.6) is 0 Å². The van der Waals surface area contributed by atoms with E-state index >= 15 is 0 Å². The van der Waals surface area contributed by atoms with E-state index in [4.69, 9.17) is 5.14 Å². The number of benzene rings is 1. The molecule has 1 amide bonds. The van der Waals surface area contributed by atoms with Crippen LogP contribution in [0.25, 0.3) is 0 Å². The lowest BCUT2D eigenvalue weighted by Crippen LogP contribution is -2.40. The van der Waals surface area contributed by atoms with Crippen molar-refractivity contribution in [3.05, 3.63) is 35.5 Å². The van der Waals surface area contributed by atoms with Crippen molar-refractivity contribution in [2.75, 3.05) is 27.8 Å². The highest BCUT2D eigenvalue weighted by Crippen LogP contribution is 2.38. The van der Waals surface area contributed by atoms with E-state index in [1.54, 1.807) is 23.1 Å². The molecule has 2 heterocycles. The van der Waals surface area contributed by atoms with E-state index in [2.05, 4.69) is 20.6 Å². The Kier molecular flexibility index (Phi) is 7.69. The van der Waals surface area contributed by atoms with Crippen molar-refractivity contribution < 1.29 is 26.4 Å². The summed E-state index contributed by atoms with van der Waals surface area (Å²) >= 11 is 0. The van der Waals surface area contributed by atoms with Gasteiger partial charge in [0, 0.05) is 30.2 Å². The summed E-state index contributed by atoms with van der Waals surface area (Å²) in [5, 5.41) is 10.8. The number of hydrogen-bond acceptors (Lipinski definition) is 7. The van der Waals surface area contributed by atoms with Crippen LogP contribution in [0.15, 0.2) is 24.4 Å². The van der Waals surface area contributed by atoms with Crippen LogP contribution in [0.1, 0.15) is 56.1 Å². The Balaban J connectivity index is 1.63. The molecule has 1 aromatic heterocycles. The number of nitrogens with two attached hydrogens (primary N) is 1. The van der Waals surface area contributed by atoms with Gasteiger partial charge in [-0.3, -0.25) is 4.79 Å². The maximum absolute atomic E-state index is 14.0. The summed E-state index contributed by atoms with van der Waals surface area (Å²) in [4.78, 5) is 21.5. The monoisotopic (exact) mass is 526 g/mol. The SMILES string of the molecule is NS(=O)(=O)CCCCN(c1nc(Nc2ccc3c(c2)CC(=O)N3)ncc1C(F)(F)F)C1CCCCC1. The first-order chi connectivity index (χ1) is 17.0. The average Bonchev–Trinajstić information content (AvgIpc) is 3.17. The zero-order valence-corrected chi connectivity index (χ0v) is 20.5. The minimum absolute atomic E-state index is 0.000535. The molecule has 13 heteroatoms. The van der Waals surface area contributed by atoms with Gasteiger partial charge < -0.3 is 15.5 Å². The maximum Gasteiger partial charge on any atom is 0.421 e. The minimum Gasteiger partial charge on any atom is -0.353 e. The molecule has 0 atom stereocenters. The van der Waals surface area contributed by atoms with Crippen LogP contribution in [0, 0.1) is 0 Å². The number of hydrogen-bond donors (Lipinski definition) is 3. The van der Waals surface area contributed by atoms with Gasteiger partial charge in [0.15, 0.2) is 0 Å². The van der Waals surface area contributed by atoms with Crippen molar-refractivity contribution in [2.45, 2.75) is 63.6 Å². The Morgan fingerprint density at radius 1 is 1.17 bits per heavy atom. The third kappa shape index (κ3) is 6.64. The molecule has 4 rings (SSSR count). The number of carbonyl (C=O) groups excluding carboxylic acids is 1. The lowest BCUT2D eigenvalue weighted by Gasteiger charge is -2.36. The van der Waals surface area contributed by atoms with Crippen LogP contribution in [-0.4, -0.2) is 42.6 Å². The first kappa shape index (κ1) is 26.1. The summed E-state index contributed by atoms with van der Waals surface area (Å²) in [7, 11) is -3.65. The highest BCUT2D eigenvalue weighted by molar-refractivity contribution is 7.89. The molecule has 36 heavy (non-hydrogen) atoms. The van der Waals surface area contributed by atoms with Crippen LogP contribution >= 0.6 is 0 Å². The van der Waals surface area contributed by atoms with Gasteiger partial charge in [-0.15, -0.1) is 0 Å². The Bertz CT molecular complexity index is 1220. The number of halogens is 3. The molecule has 0 radical (unpaired) electrons. The number of fused-ring (bicyclic) bond motifs is 1. The molecule has 1 aromatic carbocycles. The topological polar surface area (TPSA) is 130 Å². The van der Waals surface area contributed by atoms with Gasteiger partial charge in [0.1, 0.15) is 11.4 Å². The predicted molar refractivity (Wildman–Crippen MR) is 131 cm³/mol. The fraction of sp³-hybridized carbons (Fsp3) is 0.522. The summed E-state index contributed by atoms with van der Waals surface area (Å²) in [5.74, 6) is -0.578. The largest absolute Gasteiger partial charge is 0.421 e. The van der Waals surface area contributed by atoms with E-state index in [1.165, 1.54) is 0 Å². The third-order valence-corrected chi connectivity index (χ3v) is 7.28. The van der Waals surface area contributed by atoms with Gasteiger partial charge in [-0.1, -0.05) is 19.3 Å². The summed E-state index contributed by atoms with van der Waals surface area (Å²) < 4.78 is 64.6. The van der Waals surface area contributed by atoms with E-state index in [0.717, 1.165) is 43.9 Å². The number of rotatable bonds is 9. The smallest absolute Gasteiger partial charge is 0.353 e. The molecular weight excluding hydrogens is 497 g/mol. The molecule has 0 bridgehead atoms. The Labute approximate surface area is 207 Å². The van der Waals surface area contributed by atoms with Crippen molar-refractivity contribution in [3.63, 3.8) is 0 Å². The molecule has 1 saturated carbocycles. The number of nitrogens with zero attached hydrogens (tertiary/aromatic N) is 3. The van der Waals surface area contributed by atoms with Crippen molar-refractivity contribution in [1.29, 1.82) is 0 Å². The van der Waals surface area contributed by atoms with Gasteiger partial charge in [0.05, 0.1) is 12.2 Å². The number of primary sulfonamides is 1. The highest BCUT2D eigenvalue weighted by atomic mass is 32.2. The number of carbonyl (C=O) groups is 1. The van der Waals surface area contributed by atoms with Crippen LogP contribution in [0.2, 0.25) is 0 Å². The van der Waals surface area contributed by atoms with Crippen molar-refractivity contribution in [2.24, 2.45) is 5.14 Å². The summed E-state index contributed by atoms with van der Waals surface area (Å²) in [6.07, 6.45) is 1.20. The molecular formula is C23H29F3N6O3S. The van der Waals surface area contributed by atoms with Gasteiger partial charge >= 0.3 is 6.18 Å². The number of sulfonamides is 1. The first-order valence-electron chi connectivity index (χ1n) is 11.9. The number of nitrogens with one attached hydrogen (secondary N) is 2. The molecule has 2 aromatic rings. The fourth-order valence-electron chi connectivity index (χ4n) is 4.73. The third-order valence-electron chi connectivity index (χ3n) is 6.43. The fourth-order valence-corrected chi connectivity index (χ4v) is 5.33. The van der Waals surface area contributed by atoms with Crippen molar-refractivity contribution in [3.8, 4) is 0 Å². The Morgan fingerprint density at radius 2 is 1.92 bits per heavy atom. The van der Waals surface area contributed by atoms with E-state index in [0.29, 0.717) is 17.8 Å². The van der Waals surface area contributed by atoms with Crippen LogP contribution in [0.4, 0.5) is 36.3 Å². The normalized spacial score (nSPS) is 16.5. The molecule has 2 aliphatic rings. The molecule has 0 unspecified atom stereocenters. The molecule has 0 saturated heterocycles. The summed E-state index contributed by atoms with van der Waals surface area (Å²) in [6, 6.07) is 5.00. The van der Waals surface area contributed by atoms with Crippen molar-refractivity contribution in [1.82, 2.24) is 9.97 Å². The van der Waals surface area contributed by atoms with E-state index in [9.17, 15) is 26.4 Å². The van der Waals surface area contributed by atoms with Gasteiger partial charge in [-0.25, -0.2) is 18.5 Å². The molecule has 9 nitrogen and oxygen atoms in total. The van der Waals surface area contributed by atoms with Crippen molar-refractivity contribution >= 4 is 39.1 Å². The van der Waals surface area contributed by atoms with E-state index in [1.807, 2.05) is 0 Å². The van der Waals surface area contributed by atoms with E-state index in [-0.39, 0.29) is 48.9 Å². The molecule has 4 N–H and O–H groups in total. The van der Waals surface area contributed by atoms with Crippen LogP contribution < -0.4 is 20.7 Å². The lowest BCUT2D eigenvalue weighted by molar-refractivity contribution is -0.137. The Morgan fingerprint density at radius 3 is 2.61 bits per heavy atom. The predicted octanol–water partition coefficient (Wildman–Crippen LogP) is 3.94. The molecule has 196 valence electrons. The quantitative estimate of drug-likeness (QED) is 0.422. The molecule has 1 aliphatic carbocycles. The molecule has 1 aliphatic heterocycles. The van der Waals surface area contributed by atoms with Gasteiger partial charge in [0.25, 0.3) is 0 Å². The number of unbranched alkanes of at least 4 members (excludes halogenated alkanes) is 1. The summed E-state index contributed by atoms with van der Waals surface area (Å²) in [5.41, 5.74) is 1.08. The minimum atomic E-state index is -4.67.